The summed E-state index contributed by atoms with van der Waals surface area (Å²) in [7, 11) is 0. The van der Waals surface area contributed by atoms with Gasteiger partial charge in [0.2, 0.25) is 0 Å². The molecule has 0 saturated heterocycles. The number of para-hydroxylation sites is 1. The molecule has 3 rings (SSSR count). The first-order valence-electron chi connectivity index (χ1n) is 11.2. The minimum atomic E-state index is -0.669. The highest BCUT2D eigenvalue weighted by Crippen LogP contribution is 2.23. The van der Waals surface area contributed by atoms with E-state index in [4.69, 9.17) is 4.74 Å². The number of carbonyl (C=O) groups excluding carboxylic acids is 2. The summed E-state index contributed by atoms with van der Waals surface area (Å²) in [5, 5.41) is 5.75. The number of benzene rings is 3. The fourth-order valence-electron chi connectivity index (χ4n) is 3.40. The van der Waals surface area contributed by atoms with Crippen molar-refractivity contribution in [2.24, 2.45) is 0 Å². The summed E-state index contributed by atoms with van der Waals surface area (Å²) >= 11 is 0. The van der Waals surface area contributed by atoms with Gasteiger partial charge in [-0.3, -0.25) is 9.59 Å². The van der Waals surface area contributed by atoms with Gasteiger partial charge in [0, 0.05) is 16.9 Å². The molecule has 0 aliphatic heterocycles. The van der Waals surface area contributed by atoms with Crippen LogP contribution in [0.3, 0.4) is 0 Å². The lowest BCUT2D eigenvalue weighted by atomic mass is 9.87. The van der Waals surface area contributed by atoms with E-state index in [1.807, 2.05) is 55.5 Å². The van der Waals surface area contributed by atoms with Crippen LogP contribution in [0.5, 0.6) is 5.75 Å². The number of aryl methyl sites for hydroxylation is 1. The van der Waals surface area contributed by atoms with Crippen LogP contribution < -0.4 is 15.4 Å². The molecule has 2 amide bonds. The number of ether oxygens (including phenoxy) is 1. The lowest BCUT2D eigenvalue weighted by molar-refractivity contribution is -0.122. The van der Waals surface area contributed by atoms with Crippen LogP contribution in [-0.2, 0) is 16.6 Å². The maximum absolute atomic E-state index is 12.7. The number of amides is 2. The second-order valence-electron chi connectivity index (χ2n) is 9.07. The lowest BCUT2D eigenvalue weighted by Crippen LogP contribution is -2.30. The molecule has 5 nitrogen and oxygen atoms in total. The van der Waals surface area contributed by atoms with Crippen molar-refractivity contribution in [1.82, 2.24) is 0 Å². The van der Waals surface area contributed by atoms with Gasteiger partial charge in [0.15, 0.2) is 6.10 Å². The highest BCUT2D eigenvalue weighted by Gasteiger charge is 2.17. The van der Waals surface area contributed by atoms with Crippen LogP contribution in [0.25, 0.3) is 0 Å². The maximum atomic E-state index is 12.7. The quantitative estimate of drug-likeness (QED) is 0.456. The van der Waals surface area contributed by atoms with Crippen LogP contribution in [0.15, 0.2) is 72.8 Å². The van der Waals surface area contributed by atoms with E-state index in [0.717, 1.165) is 12.0 Å². The van der Waals surface area contributed by atoms with E-state index < -0.39 is 6.10 Å². The minimum Gasteiger partial charge on any atom is -0.481 e. The summed E-state index contributed by atoms with van der Waals surface area (Å²) in [5.41, 5.74) is 4.01. The van der Waals surface area contributed by atoms with Crippen LogP contribution in [-0.4, -0.2) is 17.9 Å². The van der Waals surface area contributed by atoms with Crippen LogP contribution >= 0.6 is 0 Å². The Labute approximate surface area is 196 Å². The van der Waals surface area contributed by atoms with Crippen molar-refractivity contribution in [1.29, 1.82) is 0 Å². The van der Waals surface area contributed by atoms with E-state index in [1.54, 1.807) is 31.2 Å². The first-order chi connectivity index (χ1) is 15.7. The number of hydrogen-bond donors (Lipinski definition) is 2. The number of carbonyl (C=O) groups is 2. The molecule has 0 unspecified atom stereocenters. The fraction of sp³-hybridized carbons (Fsp3) is 0.286. The second kappa shape index (κ2) is 10.3. The lowest BCUT2D eigenvalue weighted by Gasteiger charge is -2.19. The van der Waals surface area contributed by atoms with Crippen molar-refractivity contribution >= 4 is 23.2 Å². The van der Waals surface area contributed by atoms with E-state index in [9.17, 15) is 9.59 Å². The third-order valence-corrected chi connectivity index (χ3v) is 5.43. The number of rotatable bonds is 7. The molecule has 0 bridgehead atoms. The Hall–Kier alpha value is -3.60. The van der Waals surface area contributed by atoms with Gasteiger partial charge in [0.25, 0.3) is 11.8 Å². The molecule has 0 spiro atoms. The van der Waals surface area contributed by atoms with Gasteiger partial charge >= 0.3 is 0 Å². The average molecular weight is 445 g/mol. The second-order valence-corrected chi connectivity index (χ2v) is 9.07. The molecular weight excluding hydrogens is 412 g/mol. The molecule has 0 aromatic heterocycles. The van der Waals surface area contributed by atoms with Gasteiger partial charge in [0.05, 0.1) is 0 Å². The largest absolute Gasteiger partial charge is 0.481 e. The Balaban J connectivity index is 1.63. The summed E-state index contributed by atoms with van der Waals surface area (Å²) in [6, 6.07) is 22.4. The number of nitrogens with one attached hydrogen (secondary N) is 2. The molecule has 0 heterocycles. The van der Waals surface area contributed by atoms with Gasteiger partial charge in [0.1, 0.15) is 5.75 Å². The molecule has 3 aromatic carbocycles. The van der Waals surface area contributed by atoms with Crippen molar-refractivity contribution in [3.8, 4) is 5.75 Å². The Kier molecular flexibility index (Phi) is 7.54. The van der Waals surface area contributed by atoms with E-state index in [1.165, 1.54) is 5.56 Å². The topological polar surface area (TPSA) is 67.4 Å². The van der Waals surface area contributed by atoms with Crippen molar-refractivity contribution in [2.75, 3.05) is 10.6 Å². The Morgan fingerprint density at radius 2 is 1.52 bits per heavy atom. The maximum Gasteiger partial charge on any atom is 0.265 e. The highest BCUT2D eigenvalue weighted by atomic mass is 16.5. The molecule has 0 fully saturated rings. The SMILES string of the molecule is CCc1ccccc1O[C@@H](C)C(=O)Nc1cccc(NC(=O)c2ccc(C(C)(C)C)cc2)c1. The monoisotopic (exact) mass is 444 g/mol. The van der Waals surface area contributed by atoms with Gasteiger partial charge < -0.3 is 15.4 Å². The van der Waals surface area contributed by atoms with E-state index in [-0.39, 0.29) is 17.2 Å². The molecule has 33 heavy (non-hydrogen) atoms. The summed E-state index contributed by atoms with van der Waals surface area (Å²) in [6.07, 6.45) is 0.155. The molecule has 2 N–H and O–H groups in total. The molecule has 0 aliphatic rings. The predicted octanol–water partition coefficient (Wildman–Crippen LogP) is 6.20. The number of hydrogen-bond acceptors (Lipinski definition) is 3. The molecule has 3 aromatic rings. The molecule has 0 saturated carbocycles. The zero-order chi connectivity index (χ0) is 24.0. The summed E-state index contributed by atoms with van der Waals surface area (Å²) in [4.78, 5) is 25.3. The van der Waals surface area contributed by atoms with Crippen LogP contribution in [0.2, 0.25) is 0 Å². The van der Waals surface area contributed by atoms with Gasteiger partial charge in [-0.05, 0) is 66.3 Å². The zero-order valence-electron chi connectivity index (χ0n) is 19.9. The molecule has 172 valence electrons. The Morgan fingerprint density at radius 3 is 2.15 bits per heavy atom. The third kappa shape index (κ3) is 6.45. The predicted molar refractivity (Wildman–Crippen MR) is 134 cm³/mol. The third-order valence-electron chi connectivity index (χ3n) is 5.43. The van der Waals surface area contributed by atoms with Crippen molar-refractivity contribution in [3.05, 3.63) is 89.5 Å². The zero-order valence-corrected chi connectivity index (χ0v) is 19.9. The molecule has 0 aliphatic carbocycles. The van der Waals surface area contributed by atoms with Crippen molar-refractivity contribution in [3.63, 3.8) is 0 Å². The normalized spacial score (nSPS) is 12.0. The van der Waals surface area contributed by atoms with Crippen LogP contribution in [0, 0.1) is 0 Å². The first-order valence-corrected chi connectivity index (χ1v) is 11.2. The fourth-order valence-corrected chi connectivity index (χ4v) is 3.40. The van der Waals surface area contributed by atoms with Crippen LogP contribution in [0.4, 0.5) is 11.4 Å². The minimum absolute atomic E-state index is 0.0288. The van der Waals surface area contributed by atoms with E-state index >= 15 is 0 Å². The summed E-state index contributed by atoms with van der Waals surface area (Å²) < 4.78 is 5.87. The van der Waals surface area contributed by atoms with Gasteiger partial charge in [-0.2, -0.15) is 0 Å². The molecule has 1 atom stereocenters. The first kappa shape index (κ1) is 24.1. The van der Waals surface area contributed by atoms with Crippen molar-refractivity contribution < 1.29 is 14.3 Å². The molecule has 5 heteroatoms. The van der Waals surface area contributed by atoms with Gasteiger partial charge in [-0.15, -0.1) is 0 Å². The summed E-state index contributed by atoms with van der Waals surface area (Å²) in [6.45, 7) is 10.2. The van der Waals surface area contributed by atoms with E-state index in [0.29, 0.717) is 22.7 Å². The molecule has 0 radical (unpaired) electrons. The smallest absolute Gasteiger partial charge is 0.265 e. The highest BCUT2D eigenvalue weighted by molar-refractivity contribution is 6.04. The Morgan fingerprint density at radius 1 is 0.879 bits per heavy atom. The molecular formula is C28H32N2O3. The van der Waals surface area contributed by atoms with E-state index in [2.05, 4.69) is 31.4 Å². The van der Waals surface area contributed by atoms with Crippen LogP contribution in [0.1, 0.15) is 56.1 Å². The van der Waals surface area contributed by atoms with Gasteiger partial charge in [-0.1, -0.05) is 64.1 Å². The van der Waals surface area contributed by atoms with Gasteiger partial charge in [-0.25, -0.2) is 0 Å². The van der Waals surface area contributed by atoms with Crippen molar-refractivity contribution in [2.45, 2.75) is 52.6 Å². The number of anilines is 2. The standard InChI is InChI=1S/C28H32N2O3/c1-6-20-10-7-8-13-25(20)33-19(2)26(31)29-23-11-9-12-24(18-23)30-27(32)21-14-16-22(17-15-21)28(3,4)5/h7-19H,6H2,1-5H3,(H,29,31)(H,30,32)/t19-/m0/s1. The Bertz CT molecular complexity index is 1110. The summed E-state index contributed by atoms with van der Waals surface area (Å²) in [5.74, 6) is 0.245. The average Bonchev–Trinajstić information content (AvgIpc) is 2.79.